The van der Waals surface area contributed by atoms with Gasteiger partial charge in [0.15, 0.2) is 0 Å². The van der Waals surface area contributed by atoms with E-state index in [0.29, 0.717) is 19.4 Å². The highest BCUT2D eigenvalue weighted by molar-refractivity contribution is 5.92. The van der Waals surface area contributed by atoms with Crippen molar-refractivity contribution in [3.05, 3.63) is 46.7 Å². The average molecular weight is 370 g/mol. The Morgan fingerprint density at radius 1 is 1.26 bits per heavy atom. The number of rotatable bonds is 3. The summed E-state index contributed by atoms with van der Waals surface area (Å²) in [7, 11) is 0. The average Bonchev–Trinajstić information content (AvgIpc) is 2.56. The number of hydrogen-bond donors (Lipinski definition) is 1. The van der Waals surface area contributed by atoms with E-state index in [1.807, 2.05) is 40.7 Å². The van der Waals surface area contributed by atoms with Gasteiger partial charge in [0.25, 0.3) is 0 Å². The molecule has 0 atom stereocenters. The van der Waals surface area contributed by atoms with E-state index in [0.717, 1.165) is 40.6 Å². The number of fused-ring (bicyclic) bond motifs is 1. The van der Waals surface area contributed by atoms with Gasteiger partial charge in [0.05, 0.1) is 17.1 Å². The minimum atomic E-state index is -0.428. The number of carbonyl (C=O) groups is 1. The van der Waals surface area contributed by atoms with Gasteiger partial charge in [-0.05, 0) is 42.5 Å². The molecule has 5 nitrogen and oxygen atoms in total. The molecule has 2 aromatic rings. The van der Waals surface area contributed by atoms with Crippen LogP contribution in [0.5, 0.6) is 0 Å². The number of nitrogens with zero attached hydrogens (tertiary/aromatic N) is 3. The van der Waals surface area contributed by atoms with Gasteiger partial charge in [-0.15, -0.1) is 0 Å². The molecular weight excluding hydrogens is 343 g/mol. The quantitative estimate of drug-likeness (QED) is 0.824. The predicted molar refractivity (Wildman–Crippen MR) is 105 cm³/mol. The maximum Gasteiger partial charge on any atom is 0.224 e. The van der Waals surface area contributed by atoms with Gasteiger partial charge in [-0.3, -0.25) is 4.79 Å². The lowest BCUT2D eigenvalue weighted by Crippen LogP contribution is -2.32. The van der Waals surface area contributed by atoms with Crippen molar-refractivity contribution in [2.45, 2.75) is 54.0 Å². The molecule has 1 aliphatic rings. The maximum atomic E-state index is 13.3. The Kier molecular flexibility index (Phi) is 5.18. The minimum Gasteiger partial charge on any atom is -0.352 e. The van der Waals surface area contributed by atoms with Crippen LogP contribution in [0.3, 0.4) is 0 Å². The smallest absolute Gasteiger partial charge is 0.224 e. The van der Waals surface area contributed by atoms with Crippen LogP contribution in [0, 0.1) is 25.2 Å². The molecule has 1 amide bonds. The molecule has 144 valence electrons. The van der Waals surface area contributed by atoms with Crippen LogP contribution in [-0.4, -0.2) is 22.4 Å². The number of aromatic nitrogens is 2. The molecule has 1 N–H and O–H groups in total. The Bertz CT molecular complexity index is 850. The summed E-state index contributed by atoms with van der Waals surface area (Å²) < 4.78 is 13.3. The molecule has 0 unspecified atom stereocenters. The summed E-state index contributed by atoms with van der Waals surface area (Å²) in [5, 5.41) is 3.02. The zero-order chi connectivity index (χ0) is 19.8. The monoisotopic (exact) mass is 370 g/mol. The highest BCUT2D eigenvalue weighted by Gasteiger charge is 2.22. The Morgan fingerprint density at radius 3 is 2.67 bits per heavy atom. The Balaban J connectivity index is 1.79. The number of halogens is 1. The first kappa shape index (κ1) is 19.3. The van der Waals surface area contributed by atoms with Crippen LogP contribution >= 0.6 is 0 Å². The second kappa shape index (κ2) is 7.25. The standard InChI is InChI=1S/C21H27FN4O/c1-13-10-18(23-14(2)20(13)25-19(27)11-21(3,4)5)26-9-8-16-15(12-26)6-7-17(22)24-16/h6-7,10H,8-9,11-12H2,1-5H3,(H,25,27). The number of pyridine rings is 2. The van der Waals surface area contributed by atoms with E-state index in [1.54, 1.807) is 6.07 Å². The van der Waals surface area contributed by atoms with Crippen molar-refractivity contribution in [2.24, 2.45) is 5.41 Å². The van der Waals surface area contributed by atoms with Crippen LogP contribution in [0.15, 0.2) is 18.2 Å². The molecule has 3 rings (SSSR count). The Hall–Kier alpha value is -2.50. The molecule has 0 aliphatic carbocycles. The van der Waals surface area contributed by atoms with Gasteiger partial charge in [-0.25, -0.2) is 9.97 Å². The molecule has 0 saturated heterocycles. The molecule has 27 heavy (non-hydrogen) atoms. The number of nitrogens with one attached hydrogen (secondary N) is 1. The summed E-state index contributed by atoms with van der Waals surface area (Å²) in [6, 6.07) is 5.20. The normalized spacial score (nSPS) is 14.1. The first-order valence-corrected chi connectivity index (χ1v) is 9.30. The lowest BCUT2D eigenvalue weighted by atomic mass is 9.92. The molecule has 6 heteroatoms. The number of amides is 1. The zero-order valence-corrected chi connectivity index (χ0v) is 16.7. The predicted octanol–water partition coefficient (Wildman–Crippen LogP) is 4.17. The second-order valence-electron chi connectivity index (χ2n) is 8.45. The summed E-state index contributed by atoms with van der Waals surface area (Å²) in [4.78, 5) is 23.2. The fraction of sp³-hybridized carbons (Fsp3) is 0.476. The Morgan fingerprint density at radius 2 is 2.00 bits per heavy atom. The van der Waals surface area contributed by atoms with Crippen LogP contribution in [-0.2, 0) is 17.8 Å². The first-order valence-electron chi connectivity index (χ1n) is 9.30. The molecule has 0 saturated carbocycles. The van der Waals surface area contributed by atoms with Gasteiger partial charge in [-0.1, -0.05) is 26.8 Å². The summed E-state index contributed by atoms with van der Waals surface area (Å²) in [6.07, 6.45) is 1.15. The van der Waals surface area contributed by atoms with E-state index in [2.05, 4.69) is 15.2 Å². The summed E-state index contributed by atoms with van der Waals surface area (Å²) in [5.41, 5.74) is 4.37. The second-order valence-corrected chi connectivity index (χ2v) is 8.45. The summed E-state index contributed by atoms with van der Waals surface area (Å²) >= 11 is 0. The van der Waals surface area contributed by atoms with Crippen molar-refractivity contribution < 1.29 is 9.18 Å². The highest BCUT2D eigenvalue weighted by Crippen LogP contribution is 2.28. The van der Waals surface area contributed by atoms with Crippen LogP contribution in [0.2, 0.25) is 0 Å². The van der Waals surface area contributed by atoms with Gasteiger partial charge >= 0.3 is 0 Å². The third-order valence-electron chi connectivity index (χ3n) is 4.68. The summed E-state index contributed by atoms with van der Waals surface area (Å²) in [5.74, 6) is 0.444. The number of carbonyl (C=O) groups excluding carboxylic acids is 1. The zero-order valence-electron chi connectivity index (χ0n) is 16.7. The molecule has 1 aliphatic heterocycles. The van der Waals surface area contributed by atoms with E-state index in [-0.39, 0.29) is 11.3 Å². The minimum absolute atomic E-state index is 0.00301. The van der Waals surface area contributed by atoms with Crippen LogP contribution < -0.4 is 10.2 Å². The third-order valence-corrected chi connectivity index (χ3v) is 4.68. The molecule has 0 spiro atoms. The lowest BCUT2D eigenvalue weighted by Gasteiger charge is -2.30. The van der Waals surface area contributed by atoms with Crippen molar-refractivity contribution in [3.8, 4) is 0 Å². The number of aryl methyl sites for hydroxylation is 2. The summed E-state index contributed by atoms with van der Waals surface area (Å²) in [6.45, 7) is 11.4. The molecule has 3 heterocycles. The Labute approximate surface area is 160 Å². The van der Waals surface area contributed by atoms with Gasteiger partial charge in [0.1, 0.15) is 5.82 Å². The van der Waals surface area contributed by atoms with E-state index in [4.69, 9.17) is 4.98 Å². The van der Waals surface area contributed by atoms with Crippen molar-refractivity contribution in [3.63, 3.8) is 0 Å². The first-order chi connectivity index (χ1) is 12.6. The fourth-order valence-corrected chi connectivity index (χ4v) is 3.41. The van der Waals surface area contributed by atoms with Gasteiger partial charge in [-0.2, -0.15) is 4.39 Å². The van der Waals surface area contributed by atoms with Crippen LogP contribution in [0.1, 0.15) is 49.7 Å². The van der Waals surface area contributed by atoms with Crippen molar-refractivity contribution >= 4 is 17.4 Å². The highest BCUT2D eigenvalue weighted by atomic mass is 19.1. The molecule has 0 bridgehead atoms. The van der Waals surface area contributed by atoms with E-state index < -0.39 is 5.95 Å². The topological polar surface area (TPSA) is 58.1 Å². The molecule has 0 aromatic carbocycles. The van der Waals surface area contributed by atoms with E-state index in [1.165, 1.54) is 6.07 Å². The molecule has 0 radical (unpaired) electrons. The number of hydrogen-bond acceptors (Lipinski definition) is 4. The SMILES string of the molecule is Cc1cc(N2CCc3nc(F)ccc3C2)nc(C)c1NC(=O)CC(C)(C)C. The van der Waals surface area contributed by atoms with Crippen LogP contribution in [0.4, 0.5) is 15.9 Å². The van der Waals surface area contributed by atoms with Crippen LogP contribution in [0.25, 0.3) is 0 Å². The molecule has 2 aromatic heterocycles. The van der Waals surface area contributed by atoms with Crippen molar-refractivity contribution in [1.29, 1.82) is 0 Å². The fourth-order valence-electron chi connectivity index (χ4n) is 3.41. The van der Waals surface area contributed by atoms with Crippen molar-refractivity contribution in [2.75, 3.05) is 16.8 Å². The van der Waals surface area contributed by atoms with Gasteiger partial charge < -0.3 is 10.2 Å². The molecule has 0 fully saturated rings. The third kappa shape index (κ3) is 4.62. The maximum absolute atomic E-state index is 13.3. The lowest BCUT2D eigenvalue weighted by molar-refractivity contribution is -0.117. The van der Waals surface area contributed by atoms with E-state index in [9.17, 15) is 9.18 Å². The number of anilines is 2. The van der Waals surface area contributed by atoms with Gasteiger partial charge in [0, 0.05) is 25.9 Å². The van der Waals surface area contributed by atoms with Crippen molar-refractivity contribution in [1.82, 2.24) is 9.97 Å². The molecular formula is C21H27FN4O. The van der Waals surface area contributed by atoms with Gasteiger partial charge in [0.2, 0.25) is 11.9 Å². The van der Waals surface area contributed by atoms with E-state index >= 15 is 0 Å². The largest absolute Gasteiger partial charge is 0.352 e.